The fourth-order valence-electron chi connectivity index (χ4n) is 2.15. The van der Waals surface area contributed by atoms with Crippen molar-refractivity contribution in [2.75, 3.05) is 5.32 Å². The van der Waals surface area contributed by atoms with Crippen LogP contribution in [0.5, 0.6) is 0 Å². The van der Waals surface area contributed by atoms with Crippen molar-refractivity contribution in [3.05, 3.63) is 71.8 Å². The number of ether oxygens (including phenoxy) is 1. The van der Waals surface area contributed by atoms with Gasteiger partial charge >= 0.3 is 5.97 Å². The summed E-state index contributed by atoms with van der Waals surface area (Å²) in [6, 6.07) is 13.3. The number of nitrogens with zero attached hydrogens (tertiary/aromatic N) is 3. The number of carbonyl (C=O) groups excluding carboxylic acids is 2. The number of hydrogen-bond acceptors (Lipinski definition) is 5. The highest BCUT2D eigenvalue weighted by Gasteiger charge is 2.19. The minimum Gasteiger partial charge on any atom is -0.449 e. The summed E-state index contributed by atoms with van der Waals surface area (Å²) in [7, 11) is 0. The van der Waals surface area contributed by atoms with E-state index in [1.54, 1.807) is 59.5 Å². The molecule has 0 spiro atoms. The van der Waals surface area contributed by atoms with Crippen molar-refractivity contribution in [2.45, 2.75) is 13.0 Å². The van der Waals surface area contributed by atoms with Gasteiger partial charge in [-0.05, 0) is 55.5 Å². The molecule has 26 heavy (non-hydrogen) atoms. The van der Waals surface area contributed by atoms with E-state index in [-0.39, 0.29) is 0 Å². The van der Waals surface area contributed by atoms with Crippen LogP contribution in [0.15, 0.2) is 61.2 Å². The maximum Gasteiger partial charge on any atom is 0.338 e. The summed E-state index contributed by atoms with van der Waals surface area (Å²) in [6.45, 7) is 1.51. The van der Waals surface area contributed by atoms with Crippen LogP contribution < -0.4 is 5.32 Å². The highest BCUT2D eigenvalue weighted by molar-refractivity contribution is 6.30. The Bertz CT molecular complexity index is 893. The van der Waals surface area contributed by atoms with E-state index >= 15 is 0 Å². The average molecular weight is 371 g/mol. The first-order valence-corrected chi connectivity index (χ1v) is 8.13. The van der Waals surface area contributed by atoms with E-state index in [1.807, 2.05) is 0 Å². The lowest BCUT2D eigenvalue weighted by molar-refractivity contribution is -0.123. The number of aromatic nitrogens is 3. The molecular formula is C18H15ClN4O3. The van der Waals surface area contributed by atoms with Crippen molar-refractivity contribution in [1.29, 1.82) is 0 Å². The summed E-state index contributed by atoms with van der Waals surface area (Å²) in [5.74, 6) is -1.02. The second kappa shape index (κ2) is 7.79. The third-order valence-corrected chi connectivity index (χ3v) is 3.80. The molecule has 0 radical (unpaired) electrons. The minimum absolute atomic E-state index is 0.333. The van der Waals surface area contributed by atoms with Crippen LogP contribution in [-0.2, 0) is 9.53 Å². The van der Waals surface area contributed by atoms with Gasteiger partial charge in [0.1, 0.15) is 12.7 Å². The van der Waals surface area contributed by atoms with E-state index in [1.165, 1.54) is 13.3 Å². The first-order chi connectivity index (χ1) is 12.5. The molecule has 3 aromatic rings. The first kappa shape index (κ1) is 17.6. The number of esters is 1. The molecule has 1 N–H and O–H groups in total. The number of benzene rings is 2. The highest BCUT2D eigenvalue weighted by Crippen LogP contribution is 2.14. The zero-order chi connectivity index (χ0) is 18.5. The fourth-order valence-corrected chi connectivity index (χ4v) is 2.28. The molecule has 0 aliphatic rings. The lowest BCUT2D eigenvalue weighted by Gasteiger charge is -2.13. The van der Waals surface area contributed by atoms with Gasteiger partial charge in [0.15, 0.2) is 6.10 Å². The number of carbonyl (C=O) groups is 2. The quantitative estimate of drug-likeness (QED) is 0.697. The topological polar surface area (TPSA) is 86.1 Å². The van der Waals surface area contributed by atoms with Crippen molar-refractivity contribution >= 4 is 29.2 Å². The van der Waals surface area contributed by atoms with Gasteiger partial charge in [-0.25, -0.2) is 14.5 Å². The van der Waals surface area contributed by atoms with Gasteiger partial charge in [0.2, 0.25) is 0 Å². The summed E-state index contributed by atoms with van der Waals surface area (Å²) < 4.78 is 6.78. The molecule has 0 unspecified atom stereocenters. The Balaban J connectivity index is 1.59. The zero-order valence-corrected chi connectivity index (χ0v) is 14.6. The van der Waals surface area contributed by atoms with Crippen molar-refractivity contribution in [3.8, 4) is 5.69 Å². The largest absolute Gasteiger partial charge is 0.449 e. The standard InChI is InChI=1S/C18H15ClN4O3/c1-12(17(24)22-15-6-4-14(19)5-7-15)26-18(25)13-2-8-16(9-3-13)23-11-20-10-21-23/h2-12H,1H3,(H,22,24)/t12-/m0/s1. The van der Waals surface area contributed by atoms with Crippen LogP contribution in [0, 0.1) is 0 Å². The Hall–Kier alpha value is -3.19. The normalized spacial score (nSPS) is 11.6. The van der Waals surface area contributed by atoms with Crippen LogP contribution in [0.25, 0.3) is 5.69 Å². The van der Waals surface area contributed by atoms with Crippen molar-refractivity contribution < 1.29 is 14.3 Å². The van der Waals surface area contributed by atoms with Gasteiger partial charge in [-0.2, -0.15) is 5.10 Å². The monoisotopic (exact) mass is 370 g/mol. The van der Waals surface area contributed by atoms with Gasteiger partial charge in [-0.3, -0.25) is 4.79 Å². The molecule has 1 atom stereocenters. The molecule has 7 nitrogen and oxygen atoms in total. The molecule has 132 valence electrons. The van der Waals surface area contributed by atoms with Crippen molar-refractivity contribution in [2.24, 2.45) is 0 Å². The van der Waals surface area contributed by atoms with Crippen molar-refractivity contribution in [1.82, 2.24) is 14.8 Å². The lowest BCUT2D eigenvalue weighted by atomic mass is 10.2. The van der Waals surface area contributed by atoms with Gasteiger partial charge in [-0.1, -0.05) is 11.6 Å². The van der Waals surface area contributed by atoms with Crippen LogP contribution in [-0.4, -0.2) is 32.7 Å². The number of nitrogens with one attached hydrogen (secondary N) is 1. The Labute approximate surface area is 154 Å². The smallest absolute Gasteiger partial charge is 0.338 e. The SMILES string of the molecule is C[C@H](OC(=O)c1ccc(-n2cncn2)cc1)C(=O)Nc1ccc(Cl)cc1. The molecule has 0 aliphatic carbocycles. The van der Waals surface area contributed by atoms with Crippen LogP contribution in [0.4, 0.5) is 5.69 Å². The predicted molar refractivity (Wildman–Crippen MR) is 96.3 cm³/mol. The summed E-state index contributed by atoms with van der Waals surface area (Å²) in [6.07, 6.45) is 2.02. The van der Waals surface area contributed by atoms with Gasteiger partial charge in [-0.15, -0.1) is 0 Å². The number of halogens is 1. The molecule has 3 rings (SSSR count). The van der Waals surface area contributed by atoms with Gasteiger partial charge < -0.3 is 10.1 Å². The minimum atomic E-state index is -0.951. The van der Waals surface area contributed by atoms with E-state index in [9.17, 15) is 9.59 Å². The van der Waals surface area contributed by atoms with E-state index in [4.69, 9.17) is 16.3 Å². The maximum atomic E-state index is 12.2. The first-order valence-electron chi connectivity index (χ1n) is 7.75. The molecule has 1 amide bonds. The molecule has 0 saturated heterocycles. The number of rotatable bonds is 5. The van der Waals surface area contributed by atoms with Crippen LogP contribution in [0.2, 0.25) is 5.02 Å². The molecule has 1 heterocycles. The Kier molecular flexibility index (Phi) is 5.28. The third-order valence-electron chi connectivity index (χ3n) is 3.55. The van der Waals surface area contributed by atoms with Gasteiger partial charge in [0.05, 0.1) is 11.3 Å². The Morgan fingerprint density at radius 3 is 2.42 bits per heavy atom. The van der Waals surface area contributed by atoms with E-state index in [0.717, 1.165) is 5.69 Å². The molecule has 0 aliphatic heterocycles. The second-order valence-corrected chi connectivity index (χ2v) is 5.87. The molecule has 0 fully saturated rings. The predicted octanol–water partition coefficient (Wildman–Crippen LogP) is 3.10. The van der Waals surface area contributed by atoms with Gasteiger partial charge in [0.25, 0.3) is 5.91 Å². The average Bonchev–Trinajstić information content (AvgIpc) is 3.18. The molecule has 2 aromatic carbocycles. The van der Waals surface area contributed by atoms with Crippen molar-refractivity contribution in [3.63, 3.8) is 0 Å². The number of amides is 1. The summed E-state index contributed by atoms with van der Waals surface area (Å²) in [4.78, 5) is 28.2. The molecular weight excluding hydrogens is 356 g/mol. The summed E-state index contributed by atoms with van der Waals surface area (Å²) >= 11 is 5.80. The van der Waals surface area contributed by atoms with E-state index in [2.05, 4.69) is 15.4 Å². The Morgan fingerprint density at radius 2 is 1.81 bits per heavy atom. The van der Waals surface area contributed by atoms with E-state index < -0.39 is 18.0 Å². The highest BCUT2D eigenvalue weighted by atomic mass is 35.5. The molecule has 8 heteroatoms. The summed E-state index contributed by atoms with van der Waals surface area (Å²) in [5, 5.41) is 7.23. The molecule has 0 saturated carbocycles. The zero-order valence-electron chi connectivity index (χ0n) is 13.8. The van der Waals surface area contributed by atoms with E-state index in [0.29, 0.717) is 16.3 Å². The second-order valence-electron chi connectivity index (χ2n) is 5.43. The van der Waals surface area contributed by atoms with Crippen LogP contribution in [0.1, 0.15) is 17.3 Å². The molecule has 0 bridgehead atoms. The van der Waals surface area contributed by atoms with Crippen LogP contribution in [0.3, 0.4) is 0 Å². The number of anilines is 1. The Morgan fingerprint density at radius 1 is 1.12 bits per heavy atom. The third kappa shape index (κ3) is 4.25. The van der Waals surface area contributed by atoms with Crippen LogP contribution >= 0.6 is 11.6 Å². The summed E-state index contributed by atoms with van der Waals surface area (Å²) in [5.41, 5.74) is 1.66. The lowest BCUT2D eigenvalue weighted by Crippen LogP contribution is -2.30. The van der Waals surface area contributed by atoms with Gasteiger partial charge in [0, 0.05) is 10.7 Å². The maximum absolute atomic E-state index is 12.2. The number of hydrogen-bond donors (Lipinski definition) is 1. The fraction of sp³-hybridized carbons (Fsp3) is 0.111. The molecule has 1 aromatic heterocycles.